The van der Waals surface area contributed by atoms with Crippen LogP contribution in [-0.4, -0.2) is 18.2 Å². The summed E-state index contributed by atoms with van der Waals surface area (Å²) < 4.78 is 6.15. The Kier molecular flexibility index (Phi) is 9.44. The number of nitriles is 1. The topological polar surface area (TPSA) is 74.5 Å². The Morgan fingerprint density at radius 2 is 1.68 bits per heavy atom. The van der Waals surface area contributed by atoms with E-state index >= 15 is 0 Å². The number of hydrogen-bond acceptors (Lipinski definition) is 4. The van der Waals surface area contributed by atoms with Crippen LogP contribution in [0.15, 0.2) is 47.6 Å². The van der Waals surface area contributed by atoms with E-state index in [9.17, 15) is 4.79 Å². The van der Waals surface area contributed by atoms with Crippen molar-refractivity contribution in [2.45, 2.75) is 85.0 Å². The normalized spacial score (nSPS) is 12.2. The summed E-state index contributed by atoms with van der Waals surface area (Å²) >= 11 is 0. The summed E-state index contributed by atoms with van der Waals surface area (Å²) in [6.07, 6.45) is 3.02. The third-order valence-corrected chi connectivity index (χ3v) is 6.84. The van der Waals surface area contributed by atoms with E-state index in [2.05, 4.69) is 76.3 Å². The minimum absolute atomic E-state index is 0.00419. The molecular formula is C29H39N3O2. The molecule has 0 aromatic heterocycles. The molecule has 0 spiro atoms. The fourth-order valence-corrected chi connectivity index (χ4v) is 3.47. The molecule has 0 bridgehead atoms. The van der Waals surface area contributed by atoms with E-state index in [-0.39, 0.29) is 16.7 Å². The second-order valence-corrected chi connectivity index (χ2v) is 10.1. The van der Waals surface area contributed by atoms with Gasteiger partial charge in [0.25, 0.3) is 0 Å². The monoisotopic (exact) mass is 461 g/mol. The largest absolute Gasteiger partial charge is 0.493 e. The Morgan fingerprint density at radius 3 is 2.26 bits per heavy atom. The Bertz CT molecular complexity index is 1040. The smallest absolute Gasteiger partial charge is 0.240 e. The lowest BCUT2D eigenvalue weighted by Crippen LogP contribution is -2.22. The molecule has 0 saturated carbocycles. The van der Waals surface area contributed by atoms with E-state index in [0.29, 0.717) is 30.7 Å². The van der Waals surface area contributed by atoms with Crippen LogP contribution in [0.4, 0.5) is 0 Å². The summed E-state index contributed by atoms with van der Waals surface area (Å²) in [5.74, 6) is 0.753. The number of carbonyl (C=O) groups is 1. The van der Waals surface area contributed by atoms with Gasteiger partial charge in [0.05, 0.1) is 24.0 Å². The predicted octanol–water partition coefficient (Wildman–Crippen LogP) is 6.63. The number of nitrogens with zero attached hydrogens (tertiary/aromatic N) is 2. The molecule has 5 heteroatoms. The van der Waals surface area contributed by atoms with Crippen molar-refractivity contribution in [2.75, 3.05) is 6.61 Å². The van der Waals surface area contributed by atoms with Gasteiger partial charge in [0.15, 0.2) is 0 Å². The number of ether oxygens (including phenoxy) is 1. The number of nitrogens with one attached hydrogen (secondary N) is 1. The zero-order valence-corrected chi connectivity index (χ0v) is 21.8. The van der Waals surface area contributed by atoms with E-state index in [1.54, 1.807) is 12.1 Å². The van der Waals surface area contributed by atoms with Gasteiger partial charge in [-0.3, -0.25) is 4.79 Å². The average molecular weight is 462 g/mol. The first-order valence-corrected chi connectivity index (χ1v) is 12.2. The summed E-state index contributed by atoms with van der Waals surface area (Å²) in [6, 6.07) is 15.8. The van der Waals surface area contributed by atoms with Crippen LogP contribution in [-0.2, 0) is 15.6 Å². The molecule has 0 atom stereocenters. The Balaban J connectivity index is 1.95. The number of carbonyl (C=O) groups excluding carboxylic acids is 1. The molecule has 0 aliphatic heterocycles. The highest BCUT2D eigenvalue weighted by Gasteiger charge is 2.26. The molecule has 0 fully saturated rings. The molecule has 0 radical (unpaired) electrons. The predicted molar refractivity (Wildman–Crippen MR) is 139 cm³/mol. The number of hydrogen-bond donors (Lipinski definition) is 1. The van der Waals surface area contributed by atoms with E-state index in [1.807, 2.05) is 19.1 Å². The van der Waals surface area contributed by atoms with Crippen molar-refractivity contribution in [3.8, 4) is 11.8 Å². The summed E-state index contributed by atoms with van der Waals surface area (Å²) in [5.41, 5.74) is 7.43. The first kappa shape index (κ1) is 27.1. The van der Waals surface area contributed by atoms with Crippen LogP contribution in [0.1, 0.15) is 96.4 Å². The van der Waals surface area contributed by atoms with Crippen LogP contribution < -0.4 is 10.2 Å². The Hall–Kier alpha value is -3.13. The molecule has 0 unspecified atom stereocenters. The first-order chi connectivity index (χ1) is 16.0. The summed E-state index contributed by atoms with van der Waals surface area (Å²) in [6.45, 7) is 15.8. The molecule has 0 aliphatic rings. The summed E-state index contributed by atoms with van der Waals surface area (Å²) in [7, 11) is 0. The van der Waals surface area contributed by atoms with Crippen molar-refractivity contribution < 1.29 is 9.53 Å². The lowest BCUT2D eigenvalue weighted by molar-refractivity contribution is -0.121. The maximum Gasteiger partial charge on any atom is 0.240 e. The molecule has 2 aromatic carbocycles. The highest BCUT2D eigenvalue weighted by atomic mass is 16.5. The molecule has 182 valence electrons. The van der Waals surface area contributed by atoms with Crippen molar-refractivity contribution >= 4 is 11.6 Å². The van der Waals surface area contributed by atoms with Crippen LogP contribution in [0.2, 0.25) is 0 Å². The lowest BCUT2D eigenvalue weighted by atomic mass is 9.76. The molecule has 0 saturated heterocycles. The van der Waals surface area contributed by atoms with Gasteiger partial charge in [-0.1, -0.05) is 65.8 Å². The Labute approximate surface area is 205 Å². The minimum atomic E-state index is -0.147. The Morgan fingerprint density at radius 1 is 1.03 bits per heavy atom. The van der Waals surface area contributed by atoms with Gasteiger partial charge in [-0.05, 0) is 66.3 Å². The quantitative estimate of drug-likeness (QED) is 0.232. The highest BCUT2D eigenvalue weighted by Crippen LogP contribution is 2.38. The van der Waals surface area contributed by atoms with Crippen LogP contribution in [0.25, 0.3) is 0 Å². The van der Waals surface area contributed by atoms with Crippen molar-refractivity contribution in [2.24, 2.45) is 5.10 Å². The third kappa shape index (κ3) is 7.18. The number of hydrazone groups is 1. The molecular weight excluding hydrogens is 422 g/mol. The van der Waals surface area contributed by atoms with Gasteiger partial charge >= 0.3 is 0 Å². The van der Waals surface area contributed by atoms with Crippen LogP contribution in [0.3, 0.4) is 0 Å². The fourth-order valence-electron chi connectivity index (χ4n) is 3.47. The standard InChI is InChI=1S/C29H39N3O2/c1-8-28(4,5)24-16-17-26(25(19-24)29(6,7)9-2)34-18-10-11-27(33)32-31-21(3)23-14-12-22(20-30)13-15-23/h12-17,19H,8-11,18H2,1-7H3,(H,32,33)/b31-21-. The van der Waals surface area contributed by atoms with E-state index in [1.165, 1.54) is 11.1 Å². The molecule has 0 aliphatic carbocycles. The van der Waals surface area contributed by atoms with Gasteiger partial charge in [0, 0.05) is 12.0 Å². The molecule has 2 aromatic rings. The van der Waals surface area contributed by atoms with E-state index in [0.717, 1.165) is 24.2 Å². The summed E-state index contributed by atoms with van der Waals surface area (Å²) in [5, 5.41) is 13.1. The number of rotatable bonds is 11. The van der Waals surface area contributed by atoms with Crippen LogP contribution >= 0.6 is 0 Å². The first-order valence-electron chi connectivity index (χ1n) is 12.2. The lowest BCUT2D eigenvalue weighted by Gasteiger charge is -2.30. The van der Waals surface area contributed by atoms with Crippen LogP contribution in [0.5, 0.6) is 5.75 Å². The van der Waals surface area contributed by atoms with Crippen molar-refractivity contribution in [3.63, 3.8) is 0 Å². The van der Waals surface area contributed by atoms with Crippen molar-refractivity contribution in [1.29, 1.82) is 5.26 Å². The number of benzene rings is 2. The maximum atomic E-state index is 12.2. The number of amides is 1. The highest BCUT2D eigenvalue weighted by molar-refractivity contribution is 5.99. The second kappa shape index (κ2) is 11.8. The third-order valence-electron chi connectivity index (χ3n) is 6.84. The molecule has 2 rings (SSSR count). The van der Waals surface area contributed by atoms with Gasteiger partial charge in [0.1, 0.15) is 5.75 Å². The van der Waals surface area contributed by atoms with Crippen LogP contribution in [0, 0.1) is 11.3 Å². The molecule has 5 nitrogen and oxygen atoms in total. The van der Waals surface area contributed by atoms with Crippen molar-refractivity contribution in [3.05, 3.63) is 64.7 Å². The fraction of sp³-hybridized carbons (Fsp3) is 0.483. The SMILES string of the molecule is CCC(C)(C)c1ccc(OCCCC(=O)N/N=C(/C)c2ccc(C#N)cc2)c(C(C)(C)CC)c1. The average Bonchev–Trinajstić information content (AvgIpc) is 2.85. The van der Waals surface area contributed by atoms with Crippen molar-refractivity contribution in [1.82, 2.24) is 5.43 Å². The van der Waals surface area contributed by atoms with Gasteiger partial charge in [-0.25, -0.2) is 5.43 Å². The molecule has 1 N–H and O–H groups in total. The van der Waals surface area contributed by atoms with Gasteiger partial charge in [0.2, 0.25) is 5.91 Å². The van der Waals surface area contributed by atoms with E-state index in [4.69, 9.17) is 10.00 Å². The molecule has 34 heavy (non-hydrogen) atoms. The molecule has 0 heterocycles. The zero-order valence-electron chi connectivity index (χ0n) is 21.8. The second-order valence-electron chi connectivity index (χ2n) is 10.1. The van der Waals surface area contributed by atoms with Gasteiger partial charge in [-0.2, -0.15) is 10.4 Å². The minimum Gasteiger partial charge on any atom is -0.493 e. The van der Waals surface area contributed by atoms with E-state index < -0.39 is 0 Å². The zero-order chi connectivity index (χ0) is 25.4. The maximum absolute atomic E-state index is 12.2. The van der Waals surface area contributed by atoms with Gasteiger partial charge < -0.3 is 4.74 Å². The van der Waals surface area contributed by atoms with Gasteiger partial charge in [-0.15, -0.1) is 0 Å². The molecule has 1 amide bonds. The summed E-state index contributed by atoms with van der Waals surface area (Å²) in [4.78, 5) is 12.2.